The van der Waals surface area contributed by atoms with E-state index in [-0.39, 0.29) is 49.3 Å². The van der Waals surface area contributed by atoms with Crippen molar-refractivity contribution >= 4 is 11.9 Å². The minimum absolute atomic E-state index is 0. The largest absolute Gasteiger partial charge is 0.486 e. The van der Waals surface area contributed by atoms with Crippen molar-refractivity contribution in [3.63, 3.8) is 0 Å². The Bertz CT molecular complexity index is 1310. The fraction of sp³-hybridized carbons (Fsp3) is 0.0400. The fourth-order valence-corrected chi connectivity index (χ4v) is 2.77. The second kappa shape index (κ2) is 13.0. The summed E-state index contributed by atoms with van der Waals surface area (Å²) in [6.45, 7) is 0.0626. The number of pyridine rings is 2. The van der Waals surface area contributed by atoms with E-state index in [2.05, 4.69) is 16.0 Å². The molecule has 0 saturated carbocycles. The van der Waals surface area contributed by atoms with E-state index in [0.29, 0.717) is 11.3 Å². The molecule has 181 valence electrons. The molecule has 7 nitrogen and oxygen atoms in total. The number of ether oxygens (including phenoxy) is 1. The van der Waals surface area contributed by atoms with Crippen LogP contribution in [0.2, 0.25) is 0 Å². The molecule has 0 spiro atoms. The predicted molar refractivity (Wildman–Crippen MR) is 117 cm³/mol. The third-order valence-corrected chi connectivity index (χ3v) is 4.32. The topological polar surface area (TPSA) is 110 Å². The maximum atomic E-state index is 13.2. The smallest absolute Gasteiger partial charge is 0.358 e. The van der Waals surface area contributed by atoms with Crippen LogP contribution in [-0.4, -0.2) is 32.1 Å². The van der Waals surface area contributed by atoms with Crippen molar-refractivity contribution in [1.29, 1.82) is 0 Å². The number of benzene rings is 2. The van der Waals surface area contributed by atoms with Gasteiger partial charge in [-0.1, -0.05) is 35.9 Å². The number of carboxylic acids is 2. The third-order valence-electron chi connectivity index (χ3n) is 4.32. The summed E-state index contributed by atoms with van der Waals surface area (Å²) >= 11 is 0. The van der Waals surface area contributed by atoms with Gasteiger partial charge < -0.3 is 19.9 Å². The second-order valence-electron chi connectivity index (χ2n) is 6.71. The Balaban J connectivity index is 0.000000254. The minimum atomic E-state index is -1.18. The molecule has 1 radical (unpaired) electrons. The number of halogens is 2. The van der Waals surface area contributed by atoms with Gasteiger partial charge in [0.15, 0.2) is 11.4 Å². The molecule has 4 aromatic rings. The van der Waals surface area contributed by atoms with Gasteiger partial charge in [-0.05, 0) is 41.6 Å². The molecule has 0 bridgehead atoms. The van der Waals surface area contributed by atoms with Crippen LogP contribution in [0.1, 0.15) is 26.4 Å². The summed E-state index contributed by atoms with van der Waals surface area (Å²) in [7, 11) is 0. The molecule has 2 heterocycles. The van der Waals surface area contributed by atoms with Crippen LogP contribution in [0.3, 0.4) is 0 Å². The molecule has 2 aromatic carbocycles. The zero-order valence-electron chi connectivity index (χ0n) is 17.8. The van der Waals surface area contributed by atoms with Gasteiger partial charge in [0.05, 0.1) is 5.56 Å². The molecular formula is C25H17F2IrN2O5-. The van der Waals surface area contributed by atoms with E-state index >= 15 is 0 Å². The normalized spacial score (nSPS) is 9.77. The number of nitrogens with zero attached hydrogens (tertiary/aromatic N) is 2. The number of carbonyl (C=O) groups is 2. The van der Waals surface area contributed by atoms with Gasteiger partial charge in [0, 0.05) is 44.1 Å². The van der Waals surface area contributed by atoms with Crippen molar-refractivity contribution in [3.8, 4) is 17.0 Å². The van der Waals surface area contributed by atoms with Crippen molar-refractivity contribution in [2.24, 2.45) is 0 Å². The van der Waals surface area contributed by atoms with Crippen LogP contribution in [-0.2, 0) is 26.7 Å². The van der Waals surface area contributed by atoms with E-state index in [4.69, 9.17) is 14.9 Å². The zero-order chi connectivity index (χ0) is 24.5. The van der Waals surface area contributed by atoms with Gasteiger partial charge in [0.25, 0.3) is 0 Å². The van der Waals surface area contributed by atoms with Gasteiger partial charge in [-0.3, -0.25) is 8.78 Å². The van der Waals surface area contributed by atoms with E-state index in [0.717, 1.165) is 12.1 Å². The first-order valence-corrected chi connectivity index (χ1v) is 9.76. The maximum Gasteiger partial charge on any atom is 0.358 e. The fourth-order valence-electron chi connectivity index (χ4n) is 2.77. The molecule has 2 N–H and O–H groups in total. The number of rotatable bonds is 6. The summed E-state index contributed by atoms with van der Waals surface area (Å²) in [5.74, 6) is -3.36. The number of carboxylic acid groups (broad SMARTS) is 2. The van der Waals surface area contributed by atoms with Crippen LogP contribution in [0.25, 0.3) is 11.3 Å². The quantitative estimate of drug-likeness (QED) is 0.285. The van der Waals surface area contributed by atoms with E-state index in [1.807, 2.05) is 0 Å². The molecular weight excluding hydrogens is 638 g/mol. The Morgan fingerprint density at radius 2 is 1.69 bits per heavy atom. The van der Waals surface area contributed by atoms with Crippen molar-refractivity contribution in [3.05, 3.63) is 114 Å². The Morgan fingerprint density at radius 1 is 0.914 bits per heavy atom. The maximum absolute atomic E-state index is 13.2. The molecule has 0 fully saturated rings. The zero-order valence-corrected chi connectivity index (χ0v) is 20.2. The second-order valence-corrected chi connectivity index (χ2v) is 6.71. The Labute approximate surface area is 212 Å². The number of hydrogen-bond acceptors (Lipinski definition) is 5. The SMILES string of the molecule is Fc1c[c-]c(-c2ccccn2)c(F)c1.O=C(O)c1cccc(COc2cccnc2C(=O)O)c1.[Ir]. The summed E-state index contributed by atoms with van der Waals surface area (Å²) < 4.78 is 31.2. The van der Waals surface area contributed by atoms with Crippen LogP contribution < -0.4 is 4.74 Å². The predicted octanol–water partition coefficient (Wildman–Crippen LogP) is 4.88. The molecule has 0 atom stereocenters. The first kappa shape index (κ1) is 27.2. The van der Waals surface area contributed by atoms with Crippen LogP contribution in [0.5, 0.6) is 5.75 Å². The van der Waals surface area contributed by atoms with Crippen LogP contribution in [0, 0.1) is 17.7 Å². The molecule has 0 unspecified atom stereocenters. The molecule has 0 saturated heterocycles. The molecule has 10 heteroatoms. The van der Waals surface area contributed by atoms with Gasteiger partial charge in [-0.15, -0.1) is 12.1 Å². The number of hydrogen-bond donors (Lipinski definition) is 2. The summed E-state index contributed by atoms with van der Waals surface area (Å²) in [5.41, 5.74) is 1.24. The molecule has 0 amide bonds. The van der Waals surface area contributed by atoms with E-state index in [1.165, 1.54) is 24.4 Å². The molecule has 2 aromatic heterocycles. The minimum Gasteiger partial charge on any atom is -0.486 e. The first-order chi connectivity index (χ1) is 16.3. The summed E-state index contributed by atoms with van der Waals surface area (Å²) in [5, 5.41) is 17.8. The molecule has 0 aliphatic carbocycles. The third kappa shape index (κ3) is 7.77. The van der Waals surface area contributed by atoms with Crippen molar-refractivity contribution in [1.82, 2.24) is 9.97 Å². The van der Waals surface area contributed by atoms with Gasteiger partial charge in [-0.25, -0.2) is 14.6 Å². The van der Waals surface area contributed by atoms with E-state index < -0.39 is 23.6 Å². The molecule has 4 rings (SSSR count). The van der Waals surface area contributed by atoms with Crippen molar-refractivity contribution in [2.75, 3.05) is 0 Å². The standard InChI is InChI=1S/C14H11NO5.C11H6F2N.Ir/c16-13(17)10-4-1-3-9(7-10)8-20-11-5-2-6-15-12(11)14(18)19;12-8-4-5-9(10(13)7-8)11-3-1-2-6-14-11;/h1-7H,8H2,(H,16,17)(H,18,19);1-4,6-7H;/q;-1;. The molecule has 35 heavy (non-hydrogen) atoms. The average molecular weight is 656 g/mol. The van der Waals surface area contributed by atoms with Crippen molar-refractivity contribution in [2.45, 2.75) is 6.61 Å². The summed E-state index contributed by atoms with van der Waals surface area (Å²) in [6.07, 6.45) is 2.91. The summed E-state index contributed by atoms with van der Waals surface area (Å²) in [6, 6.07) is 18.8. The van der Waals surface area contributed by atoms with Gasteiger partial charge in [0.1, 0.15) is 6.61 Å². The van der Waals surface area contributed by atoms with Crippen molar-refractivity contribution < 1.29 is 53.4 Å². The van der Waals surface area contributed by atoms with Gasteiger partial charge in [-0.2, -0.15) is 0 Å². The first-order valence-electron chi connectivity index (χ1n) is 9.76. The Morgan fingerprint density at radius 3 is 2.34 bits per heavy atom. The number of aromatic nitrogens is 2. The summed E-state index contributed by atoms with van der Waals surface area (Å²) in [4.78, 5) is 29.5. The molecule has 0 aliphatic heterocycles. The van der Waals surface area contributed by atoms with E-state index in [1.54, 1.807) is 42.6 Å². The van der Waals surface area contributed by atoms with Gasteiger partial charge >= 0.3 is 11.9 Å². The van der Waals surface area contributed by atoms with Crippen LogP contribution in [0.15, 0.2) is 79.1 Å². The van der Waals surface area contributed by atoms with Gasteiger partial charge in [0.2, 0.25) is 0 Å². The average Bonchev–Trinajstić information content (AvgIpc) is 2.84. The number of aromatic carboxylic acids is 2. The van der Waals surface area contributed by atoms with Crippen LogP contribution >= 0.6 is 0 Å². The molecule has 0 aliphatic rings. The Hall–Kier alpha value is -4.01. The van der Waals surface area contributed by atoms with Crippen LogP contribution in [0.4, 0.5) is 8.78 Å². The monoisotopic (exact) mass is 656 g/mol. The van der Waals surface area contributed by atoms with E-state index in [9.17, 15) is 18.4 Å². The Kier molecular flexibility index (Phi) is 10.1.